The van der Waals surface area contributed by atoms with Gasteiger partial charge in [-0.15, -0.1) is 0 Å². The Labute approximate surface area is 134 Å². The molecule has 0 amide bonds. The molecule has 2 rings (SSSR count). The molecule has 0 spiro atoms. The van der Waals surface area contributed by atoms with Gasteiger partial charge in [0.1, 0.15) is 5.75 Å². The lowest BCUT2D eigenvalue weighted by molar-refractivity contribution is 0.336. The molecule has 0 atom stereocenters. The summed E-state index contributed by atoms with van der Waals surface area (Å²) >= 11 is 7.05. The standard InChI is InChI=1S/C13H15Br2N3O2/c1-2-19-13-10(14)5-9(6-11(13)15)7-16-4-3-12-17-8-20-18-12/h5-6,8,16H,2-4,7H2,1H3. The Morgan fingerprint density at radius 3 is 2.65 bits per heavy atom. The first kappa shape index (κ1) is 15.5. The molecule has 0 aliphatic carbocycles. The van der Waals surface area contributed by atoms with Crippen LogP contribution < -0.4 is 10.1 Å². The fourth-order valence-electron chi connectivity index (χ4n) is 1.73. The zero-order valence-corrected chi connectivity index (χ0v) is 14.2. The first-order chi connectivity index (χ1) is 9.70. The van der Waals surface area contributed by atoms with E-state index in [9.17, 15) is 0 Å². The quantitative estimate of drug-likeness (QED) is 0.717. The maximum Gasteiger partial charge on any atom is 0.213 e. The number of ether oxygens (including phenoxy) is 1. The third kappa shape index (κ3) is 4.29. The van der Waals surface area contributed by atoms with Crippen LogP contribution in [-0.4, -0.2) is 23.3 Å². The molecule has 1 aromatic carbocycles. The van der Waals surface area contributed by atoms with Crippen molar-refractivity contribution in [3.63, 3.8) is 0 Å². The van der Waals surface area contributed by atoms with Gasteiger partial charge in [0.05, 0.1) is 15.6 Å². The minimum atomic E-state index is 0.638. The Bertz CT molecular complexity index is 524. The second kappa shape index (κ2) is 7.75. The number of hydrogen-bond donors (Lipinski definition) is 1. The number of halogens is 2. The molecular formula is C13H15Br2N3O2. The van der Waals surface area contributed by atoms with E-state index in [-0.39, 0.29) is 0 Å². The van der Waals surface area contributed by atoms with Gasteiger partial charge < -0.3 is 14.6 Å². The van der Waals surface area contributed by atoms with Crippen LogP contribution in [0.5, 0.6) is 5.75 Å². The zero-order valence-electron chi connectivity index (χ0n) is 11.0. The molecular weight excluding hydrogens is 390 g/mol. The summed E-state index contributed by atoms with van der Waals surface area (Å²) in [5.74, 6) is 1.55. The molecule has 2 aromatic rings. The number of benzene rings is 1. The normalized spacial score (nSPS) is 10.8. The summed E-state index contributed by atoms with van der Waals surface area (Å²) in [6, 6.07) is 4.11. The van der Waals surface area contributed by atoms with Gasteiger partial charge in [0, 0.05) is 19.5 Å². The lowest BCUT2D eigenvalue weighted by Crippen LogP contribution is -2.17. The molecule has 7 heteroatoms. The van der Waals surface area contributed by atoms with Crippen LogP contribution in [0.15, 0.2) is 32.0 Å². The van der Waals surface area contributed by atoms with Gasteiger partial charge in [0.15, 0.2) is 5.82 Å². The molecule has 1 N–H and O–H groups in total. The molecule has 0 unspecified atom stereocenters. The fraction of sp³-hybridized carbons (Fsp3) is 0.385. The third-order valence-electron chi connectivity index (χ3n) is 2.61. The lowest BCUT2D eigenvalue weighted by Gasteiger charge is -2.11. The molecule has 0 aliphatic heterocycles. The summed E-state index contributed by atoms with van der Waals surface area (Å²) in [6.07, 6.45) is 2.09. The fourth-order valence-corrected chi connectivity index (χ4v) is 3.24. The van der Waals surface area contributed by atoms with E-state index < -0.39 is 0 Å². The summed E-state index contributed by atoms with van der Waals surface area (Å²) in [6.45, 7) is 4.16. The van der Waals surface area contributed by atoms with Crippen molar-refractivity contribution < 1.29 is 9.26 Å². The van der Waals surface area contributed by atoms with E-state index in [0.29, 0.717) is 12.4 Å². The summed E-state index contributed by atoms with van der Waals surface area (Å²) in [4.78, 5) is 3.97. The van der Waals surface area contributed by atoms with E-state index >= 15 is 0 Å². The Hall–Kier alpha value is -0.920. The Morgan fingerprint density at radius 2 is 2.05 bits per heavy atom. The van der Waals surface area contributed by atoms with Crippen molar-refractivity contribution in [1.29, 1.82) is 0 Å². The maximum absolute atomic E-state index is 5.56. The second-order valence-corrected chi connectivity index (χ2v) is 5.80. The highest BCUT2D eigenvalue weighted by Crippen LogP contribution is 2.34. The van der Waals surface area contributed by atoms with Crippen molar-refractivity contribution in [3.8, 4) is 5.75 Å². The number of hydrogen-bond acceptors (Lipinski definition) is 5. The number of nitrogens with one attached hydrogen (secondary N) is 1. The van der Waals surface area contributed by atoms with Gasteiger partial charge >= 0.3 is 0 Å². The van der Waals surface area contributed by atoms with Crippen molar-refractivity contribution in [2.24, 2.45) is 0 Å². The van der Waals surface area contributed by atoms with Crippen LogP contribution in [-0.2, 0) is 13.0 Å². The average Bonchev–Trinajstić information content (AvgIpc) is 2.92. The van der Waals surface area contributed by atoms with Gasteiger partial charge in [-0.25, -0.2) is 0 Å². The minimum absolute atomic E-state index is 0.638. The first-order valence-electron chi connectivity index (χ1n) is 6.27. The van der Waals surface area contributed by atoms with Gasteiger partial charge in [0.2, 0.25) is 6.39 Å². The minimum Gasteiger partial charge on any atom is -0.492 e. The van der Waals surface area contributed by atoms with Gasteiger partial charge in [-0.1, -0.05) is 5.16 Å². The van der Waals surface area contributed by atoms with Crippen molar-refractivity contribution in [2.45, 2.75) is 19.9 Å². The van der Waals surface area contributed by atoms with Gasteiger partial charge in [-0.05, 0) is 56.5 Å². The van der Waals surface area contributed by atoms with Crippen molar-refractivity contribution >= 4 is 31.9 Å². The van der Waals surface area contributed by atoms with E-state index in [1.165, 1.54) is 12.0 Å². The monoisotopic (exact) mass is 403 g/mol. The van der Waals surface area contributed by atoms with Crippen LogP contribution in [0.2, 0.25) is 0 Å². The van der Waals surface area contributed by atoms with E-state index in [0.717, 1.165) is 34.2 Å². The molecule has 1 aromatic heterocycles. The average molecular weight is 405 g/mol. The highest BCUT2D eigenvalue weighted by Gasteiger charge is 2.08. The van der Waals surface area contributed by atoms with Crippen molar-refractivity contribution in [2.75, 3.05) is 13.2 Å². The molecule has 0 saturated carbocycles. The van der Waals surface area contributed by atoms with Gasteiger partial charge in [-0.3, -0.25) is 0 Å². The molecule has 0 bridgehead atoms. The molecule has 0 aliphatic rings. The van der Waals surface area contributed by atoms with E-state index in [1.807, 2.05) is 6.92 Å². The van der Waals surface area contributed by atoms with E-state index in [4.69, 9.17) is 4.74 Å². The smallest absolute Gasteiger partial charge is 0.213 e. The summed E-state index contributed by atoms with van der Waals surface area (Å²) in [7, 11) is 0. The molecule has 20 heavy (non-hydrogen) atoms. The molecule has 1 heterocycles. The van der Waals surface area contributed by atoms with Crippen molar-refractivity contribution in [3.05, 3.63) is 38.9 Å². The Balaban J connectivity index is 1.86. The van der Waals surface area contributed by atoms with Crippen LogP contribution in [0, 0.1) is 0 Å². The zero-order chi connectivity index (χ0) is 14.4. The highest BCUT2D eigenvalue weighted by atomic mass is 79.9. The Kier molecular flexibility index (Phi) is 6.00. The van der Waals surface area contributed by atoms with Crippen LogP contribution in [0.4, 0.5) is 0 Å². The second-order valence-electron chi connectivity index (χ2n) is 4.10. The summed E-state index contributed by atoms with van der Waals surface area (Å²) < 4.78 is 12.1. The van der Waals surface area contributed by atoms with Crippen LogP contribution in [0.25, 0.3) is 0 Å². The van der Waals surface area contributed by atoms with Crippen LogP contribution in [0.1, 0.15) is 18.3 Å². The lowest BCUT2D eigenvalue weighted by atomic mass is 10.2. The largest absolute Gasteiger partial charge is 0.492 e. The number of nitrogens with zero attached hydrogens (tertiary/aromatic N) is 2. The topological polar surface area (TPSA) is 60.2 Å². The summed E-state index contributed by atoms with van der Waals surface area (Å²) in [5, 5.41) is 7.11. The molecule has 0 radical (unpaired) electrons. The van der Waals surface area contributed by atoms with E-state index in [2.05, 4.69) is 64.0 Å². The predicted molar refractivity (Wildman–Crippen MR) is 82.7 cm³/mol. The number of rotatable bonds is 7. The van der Waals surface area contributed by atoms with Gasteiger partial charge in [-0.2, -0.15) is 4.98 Å². The SMILES string of the molecule is CCOc1c(Br)cc(CNCCc2ncon2)cc1Br. The molecule has 0 saturated heterocycles. The molecule has 5 nitrogen and oxygen atoms in total. The predicted octanol–water partition coefficient (Wildman–Crippen LogP) is 3.33. The van der Waals surface area contributed by atoms with Crippen LogP contribution in [0.3, 0.4) is 0 Å². The highest BCUT2D eigenvalue weighted by molar-refractivity contribution is 9.11. The molecule has 108 valence electrons. The van der Waals surface area contributed by atoms with E-state index in [1.54, 1.807) is 0 Å². The van der Waals surface area contributed by atoms with Crippen LogP contribution >= 0.6 is 31.9 Å². The maximum atomic E-state index is 5.56. The summed E-state index contributed by atoms with van der Waals surface area (Å²) in [5.41, 5.74) is 1.17. The van der Waals surface area contributed by atoms with Crippen molar-refractivity contribution in [1.82, 2.24) is 15.5 Å². The third-order valence-corrected chi connectivity index (χ3v) is 3.79. The number of aromatic nitrogens is 2. The molecule has 0 fully saturated rings. The first-order valence-corrected chi connectivity index (χ1v) is 7.86. The Morgan fingerprint density at radius 1 is 1.30 bits per heavy atom. The van der Waals surface area contributed by atoms with Gasteiger partial charge in [0.25, 0.3) is 0 Å².